The van der Waals surface area contributed by atoms with Gasteiger partial charge in [-0.15, -0.1) is 0 Å². The zero-order valence-corrected chi connectivity index (χ0v) is 14.8. The highest BCUT2D eigenvalue weighted by molar-refractivity contribution is 6.24. The number of methoxy groups -OCH3 is 1. The van der Waals surface area contributed by atoms with Crippen molar-refractivity contribution in [1.29, 1.82) is 0 Å². The van der Waals surface area contributed by atoms with E-state index in [9.17, 15) is 4.79 Å². The molecule has 0 aromatic heterocycles. The Morgan fingerprint density at radius 3 is 1.96 bits per heavy atom. The Hall–Kier alpha value is -3.60. The standard InChI is InChI=1S/C22H18N2O3/c1-26-16-12-10-15(11-13-16)23-21(25)14-27-24-22-19-8-4-2-6-17(19)18-7-3-5-9-20(18)22/h2-13H,14H2,1H3,(H,23,25). The molecule has 134 valence electrons. The number of nitrogens with zero attached hydrogens (tertiary/aromatic N) is 1. The lowest BCUT2D eigenvalue weighted by atomic mass is 10.1. The highest BCUT2D eigenvalue weighted by atomic mass is 16.6. The predicted molar refractivity (Wildman–Crippen MR) is 105 cm³/mol. The van der Waals surface area contributed by atoms with Gasteiger partial charge >= 0.3 is 0 Å². The van der Waals surface area contributed by atoms with Crippen molar-refractivity contribution < 1.29 is 14.4 Å². The first-order valence-corrected chi connectivity index (χ1v) is 8.59. The van der Waals surface area contributed by atoms with Crippen molar-refractivity contribution in [3.05, 3.63) is 83.9 Å². The van der Waals surface area contributed by atoms with Gasteiger partial charge in [-0.1, -0.05) is 53.7 Å². The maximum atomic E-state index is 12.1. The number of carbonyl (C=O) groups excluding carboxylic acids is 1. The van der Waals surface area contributed by atoms with Crippen molar-refractivity contribution in [1.82, 2.24) is 0 Å². The molecule has 0 radical (unpaired) electrons. The average molecular weight is 358 g/mol. The quantitative estimate of drug-likeness (QED) is 0.547. The number of oxime groups is 1. The van der Waals surface area contributed by atoms with Gasteiger partial charge in [0.25, 0.3) is 5.91 Å². The summed E-state index contributed by atoms with van der Waals surface area (Å²) in [7, 11) is 1.60. The molecule has 3 aromatic carbocycles. The molecule has 0 fully saturated rings. The number of carbonyl (C=O) groups is 1. The van der Waals surface area contributed by atoms with Gasteiger partial charge in [-0.05, 0) is 35.4 Å². The van der Waals surface area contributed by atoms with Crippen molar-refractivity contribution in [2.45, 2.75) is 0 Å². The Morgan fingerprint density at radius 2 is 1.41 bits per heavy atom. The minimum atomic E-state index is -0.274. The van der Waals surface area contributed by atoms with Crippen LogP contribution in [0.1, 0.15) is 11.1 Å². The molecule has 0 saturated carbocycles. The number of hydrogen-bond acceptors (Lipinski definition) is 4. The summed E-state index contributed by atoms with van der Waals surface area (Å²) in [4.78, 5) is 17.5. The number of hydrogen-bond donors (Lipinski definition) is 1. The van der Waals surface area contributed by atoms with E-state index in [2.05, 4.69) is 22.6 Å². The topological polar surface area (TPSA) is 59.9 Å². The third-order valence-electron chi connectivity index (χ3n) is 4.38. The van der Waals surface area contributed by atoms with Gasteiger partial charge in [-0.3, -0.25) is 4.79 Å². The molecule has 3 aromatic rings. The van der Waals surface area contributed by atoms with Gasteiger partial charge in [-0.2, -0.15) is 0 Å². The second-order valence-corrected chi connectivity index (χ2v) is 6.08. The highest BCUT2D eigenvalue weighted by Gasteiger charge is 2.24. The molecule has 1 N–H and O–H groups in total. The number of benzene rings is 3. The van der Waals surface area contributed by atoms with Crippen LogP contribution in [-0.2, 0) is 9.63 Å². The van der Waals surface area contributed by atoms with Crippen LogP contribution in [-0.4, -0.2) is 25.3 Å². The minimum Gasteiger partial charge on any atom is -0.497 e. The van der Waals surface area contributed by atoms with E-state index in [1.807, 2.05) is 36.4 Å². The van der Waals surface area contributed by atoms with E-state index in [0.29, 0.717) is 5.69 Å². The average Bonchev–Trinajstić information content (AvgIpc) is 3.03. The smallest absolute Gasteiger partial charge is 0.265 e. The molecular weight excluding hydrogens is 340 g/mol. The van der Waals surface area contributed by atoms with Crippen molar-refractivity contribution in [3.8, 4) is 16.9 Å². The predicted octanol–water partition coefficient (Wildman–Crippen LogP) is 4.08. The fourth-order valence-corrected chi connectivity index (χ4v) is 3.12. The summed E-state index contributed by atoms with van der Waals surface area (Å²) in [6.45, 7) is -0.167. The van der Waals surface area contributed by atoms with Crippen molar-refractivity contribution >= 4 is 17.3 Å². The molecule has 1 aliphatic carbocycles. The molecule has 5 heteroatoms. The van der Waals surface area contributed by atoms with Crippen LogP contribution in [0, 0.1) is 0 Å². The van der Waals surface area contributed by atoms with Crippen LogP contribution < -0.4 is 10.1 Å². The van der Waals surface area contributed by atoms with Crippen LogP contribution in [0.5, 0.6) is 5.75 Å². The fraction of sp³-hybridized carbons (Fsp3) is 0.0909. The molecule has 0 saturated heterocycles. The zero-order valence-electron chi connectivity index (χ0n) is 14.8. The maximum Gasteiger partial charge on any atom is 0.265 e. The monoisotopic (exact) mass is 358 g/mol. The normalized spacial score (nSPS) is 11.4. The van der Waals surface area contributed by atoms with E-state index in [4.69, 9.17) is 9.57 Å². The Balaban J connectivity index is 1.46. The van der Waals surface area contributed by atoms with E-state index >= 15 is 0 Å². The molecule has 0 spiro atoms. The fourth-order valence-electron chi connectivity index (χ4n) is 3.12. The first kappa shape index (κ1) is 16.8. The number of nitrogens with one attached hydrogen (secondary N) is 1. The SMILES string of the molecule is COc1ccc(NC(=O)CON=C2c3ccccc3-c3ccccc32)cc1. The minimum absolute atomic E-state index is 0.167. The van der Waals surface area contributed by atoms with Crippen LogP contribution in [0.2, 0.25) is 0 Å². The van der Waals surface area contributed by atoms with E-state index in [1.54, 1.807) is 31.4 Å². The third-order valence-corrected chi connectivity index (χ3v) is 4.38. The molecule has 4 rings (SSSR count). The van der Waals surface area contributed by atoms with Gasteiger partial charge in [0.15, 0.2) is 6.61 Å². The van der Waals surface area contributed by atoms with E-state index < -0.39 is 0 Å². The third kappa shape index (κ3) is 3.40. The summed E-state index contributed by atoms with van der Waals surface area (Å²) in [6, 6.07) is 23.2. The summed E-state index contributed by atoms with van der Waals surface area (Å²) < 4.78 is 5.10. The van der Waals surface area contributed by atoms with E-state index in [-0.39, 0.29) is 12.5 Å². The number of anilines is 1. The lowest BCUT2D eigenvalue weighted by molar-refractivity contribution is -0.120. The first-order valence-electron chi connectivity index (χ1n) is 8.59. The van der Waals surface area contributed by atoms with Crippen LogP contribution >= 0.6 is 0 Å². The highest BCUT2D eigenvalue weighted by Crippen LogP contribution is 2.36. The first-order chi connectivity index (χ1) is 13.3. The summed E-state index contributed by atoms with van der Waals surface area (Å²) in [5.74, 6) is 0.457. The lowest BCUT2D eigenvalue weighted by Gasteiger charge is -2.06. The summed E-state index contributed by atoms with van der Waals surface area (Å²) in [5, 5.41) is 7.02. The maximum absolute atomic E-state index is 12.1. The molecule has 1 aliphatic rings. The summed E-state index contributed by atoms with van der Waals surface area (Å²) in [5.41, 5.74) is 5.69. The van der Waals surface area contributed by atoms with Crippen LogP contribution in [0.25, 0.3) is 11.1 Å². The lowest BCUT2D eigenvalue weighted by Crippen LogP contribution is -2.17. The summed E-state index contributed by atoms with van der Waals surface area (Å²) >= 11 is 0. The number of rotatable bonds is 5. The van der Waals surface area contributed by atoms with E-state index in [1.165, 1.54) is 0 Å². The molecule has 0 aliphatic heterocycles. The van der Waals surface area contributed by atoms with Crippen LogP contribution in [0.15, 0.2) is 78.0 Å². The second kappa shape index (κ2) is 7.33. The van der Waals surface area contributed by atoms with Crippen LogP contribution in [0.3, 0.4) is 0 Å². The Labute approximate surface area is 157 Å². The second-order valence-electron chi connectivity index (χ2n) is 6.08. The number of ether oxygens (including phenoxy) is 1. The van der Waals surface area contributed by atoms with Gasteiger partial charge in [0, 0.05) is 16.8 Å². The largest absolute Gasteiger partial charge is 0.497 e. The number of fused-ring (bicyclic) bond motifs is 3. The molecule has 27 heavy (non-hydrogen) atoms. The van der Waals surface area contributed by atoms with Crippen molar-refractivity contribution in [2.75, 3.05) is 19.0 Å². The van der Waals surface area contributed by atoms with Gasteiger partial charge in [0.05, 0.1) is 7.11 Å². The van der Waals surface area contributed by atoms with Gasteiger partial charge in [0.1, 0.15) is 11.5 Å². The zero-order chi connectivity index (χ0) is 18.6. The molecule has 0 unspecified atom stereocenters. The van der Waals surface area contributed by atoms with Gasteiger partial charge < -0.3 is 14.9 Å². The summed E-state index contributed by atoms with van der Waals surface area (Å²) in [6.07, 6.45) is 0. The Bertz CT molecular complexity index is 963. The molecule has 0 atom stereocenters. The van der Waals surface area contributed by atoms with Crippen molar-refractivity contribution in [3.63, 3.8) is 0 Å². The molecule has 0 bridgehead atoms. The Kier molecular flexibility index (Phi) is 4.58. The molecule has 0 heterocycles. The number of amides is 1. The van der Waals surface area contributed by atoms with E-state index in [0.717, 1.165) is 33.7 Å². The van der Waals surface area contributed by atoms with Crippen LogP contribution in [0.4, 0.5) is 5.69 Å². The van der Waals surface area contributed by atoms with Gasteiger partial charge in [-0.25, -0.2) is 0 Å². The molecular formula is C22H18N2O3. The Morgan fingerprint density at radius 1 is 0.852 bits per heavy atom. The molecule has 1 amide bonds. The van der Waals surface area contributed by atoms with Crippen molar-refractivity contribution in [2.24, 2.45) is 5.16 Å². The molecule has 5 nitrogen and oxygen atoms in total. The van der Waals surface area contributed by atoms with Gasteiger partial charge in [0.2, 0.25) is 0 Å².